The number of benzene rings is 2. The van der Waals surface area contributed by atoms with Crippen molar-refractivity contribution in [3.05, 3.63) is 47.0 Å². The first kappa shape index (κ1) is 20.4. The Kier molecular flexibility index (Phi) is 6.12. The number of halogens is 1. The quantitative estimate of drug-likeness (QED) is 0.551. The van der Waals surface area contributed by atoms with Crippen molar-refractivity contribution >= 4 is 38.8 Å². The van der Waals surface area contributed by atoms with Crippen molar-refractivity contribution in [3.63, 3.8) is 0 Å². The maximum absolute atomic E-state index is 12.9. The van der Waals surface area contributed by atoms with Crippen molar-refractivity contribution in [3.8, 4) is 5.75 Å². The van der Waals surface area contributed by atoms with Gasteiger partial charge < -0.3 is 21.1 Å². The van der Waals surface area contributed by atoms with E-state index in [-0.39, 0.29) is 15.6 Å². The lowest BCUT2D eigenvalue weighted by Gasteiger charge is -2.17. The van der Waals surface area contributed by atoms with Gasteiger partial charge in [-0.15, -0.1) is 0 Å². The van der Waals surface area contributed by atoms with E-state index >= 15 is 0 Å². The highest BCUT2D eigenvalue weighted by atomic mass is 35.5. The second-order valence-corrected chi connectivity index (χ2v) is 9.09. The molecule has 0 radical (unpaired) electrons. The number of hydrogen-bond donors (Lipinski definition) is 4. The molecule has 1 saturated heterocycles. The van der Waals surface area contributed by atoms with Gasteiger partial charge >= 0.3 is 6.03 Å². The van der Waals surface area contributed by atoms with Crippen LogP contribution in [-0.2, 0) is 16.3 Å². The minimum atomic E-state index is -3.84. The molecule has 1 heterocycles. The normalized spacial score (nSPS) is 16.7. The summed E-state index contributed by atoms with van der Waals surface area (Å²) in [6.45, 7) is 2.85. The van der Waals surface area contributed by atoms with Crippen LogP contribution in [0.4, 0.5) is 16.2 Å². The van der Waals surface area contributed by atoms with Gasteiger partial charge in [-0.3, -0.25) is 0 Å². The van der Waals surface area contributed by atoms with E-state index in [4.69, 9.17) is 11.6 Å². The number of amides is 2. The molecule has 4 N–H and O–H groups in total. The highest BCUT2D eigenvalue weighted by Crippen LogP contribution is 2.39. The SMILES string of the molecule is CCc1ccccc1NC(=O)Nc1ccc(Cl)c(S(=O)(=O)C2CCNC2)c1O. The van der Waals surface area contributed by atoms with Gasteiger partial charge in [0.25, 0.3) is 0 Å². The lowest BCUT2D eigenvalue weighted by molar-refractivity contribution is 0.262. The number of nitrogens with one attached hydrogen (secondary N) is 3. The molecule has 0 saturated carbocycles. The van der Waals surface area contributed by atoms with Crippen LogP contribution in [0.5, 0.6) is 5.75 Å². The summed E-state index contributed by atoms with van der Waals surface area (Å²) in [6, 6.07) is 9.47. The molecule has 2 aromatic rings. The zero-order valence-corrected chi connectivity index (χ0v) is 16.9. The fraction of sp³-hybridized carbons (Fsp3) is 0.316. The van der Waals surface area contributed by atoms with Gasteiger partial charge in [0, 0.05) is 12.2 Å². The van der Waals surface area contributed by atoms with E-state index in [9.17, 15) is 18.3 Å². The Bertz CT molecular complexity index is 989. The highest BCUT2D eigenvalue weighted by molar-refractivity contribution is 7.92. The number of urea groups is 1. The third-order valence-corrected chi connectivity index (χ3v) is 7.41. The van der Waals surface area contributed by atoms with E-state index in [1.54, 1.807) is 12.1 Å². The molecule has 0 aromatic heterocycles. The lowest BCUT2D eigenvalue weighted by atomic mass is 10.1. The summed E-state index contributed by atoms with van der Waals surface area (Å²) < 4.78 is 25.8. The molecule has 9 heteroatoms. The second kappa shape index (κ2) is 8.38. The molecule has 150 valence electrons. The minimum Gasteiger partial charge on any atom is -0.504 e. The number of anilines is 2. The Labute approximate surface area is 169 Å². The van der Waals surface area contributed by atoms with Gasteiger partial charge in [0.05, 0.1) is 16.0 Å². The molecule has 7 nitrogen and oxygen atoms in total. The number of carbonyl (C=O) groups is 1. The van der Waals surface area contributed by atoms with Gasteiger partial charge in [0.15, 0.2) is 15.6 Å². The largest absolute Gasteiger partial charge is 0.504 e. The van der Waals surface area contributed by atoms with Crippen molar-refractivity contribution in [1.82, 2.24) is 5.32 Å². The Morgan fingerprint density at radius 3 is 2.61 bits per heavy atom. The molecular formula is C19H22ClN3O4S. The average Bonchev–Trinajstić information content (AvgIpc) is 3.20. The van der Waals surface area contributed by atoms with Crippen molar-refractivity contribution < 1.29 is 18.3 Å². The van der Waals surface area contributed by atoms with Crippen molar-refractivity contribution in [2.24, 2.45) is 0 Å². The van der Waals surface area contributed by atoms with E-state index in [0.717, 1.165) is 12.0 Å². The molecule has 1 aliphatic rings. The fourth-order valence-electron chi connectivity index (χ4n) is 3.20. The minimum absolute atomic E-state index is 0.0274. The van der Waals surface area contributed by atoms with E-state index < -0.39 is 26.9 Å². The van der Waals surface area contributed by atoms with Gasteiger partial charge in [0.1, 0.15) is 4.90 Å². The van der Waals surface area contributed by atoms with Crippen molar-refractivity contribution in [2.75, 3.05) is 23.7 Å². The van der Waals surface area contributed by atoms with Crippen molar-refractivity contribution in [1.29, 1.82) is 0 Å². The number of hydrogen-bond acceptors (Lipinski definition) is 5. The number of para-hydroxylation sites is 1. The predicted octanol–water partition coefficient (Wildman–Crippen LogP) is 3.39. The third-order valence-electron chi connectivity index (χ3n) is 4.72. The molecule has 0 spiro atoms. The van der Waals surface area contributed by atoms with Gasteiger partial charge in [-0.2, -0.15) is 0 Å². The number of sulfone groups is 1. The fourth-order valence-corrected chi connectivity index (χ4v) is 5.50. The van der Waals surface area contributed by atoms with Gasteiger partial charge in [-0.05, 0) is 43.1 Å². The first-order chi connectivity index (χ1) is 13.3. The smallest absolute Gasteiger partial charge is 0.323 e. The van der Waals surface area contributed by atoms with Gasteiger partial charge in [0.2, 0.25) is 0 Å². The molecule has 1 aliphatic heterocycles. The number of aromatic hydroxyl groups is 1. The van der Waals surface area contributed by atoms with E-state index in [1.807, 2.05) is 19.1 Å². The summed E-state index contributed by atoms with van der Waals surface area (Å²) in [4.78, 5) is 12.0. The topological polar surface area (TPSA) is 108 Å². The van der Waals surface area contributed by atoms with Crippen LogP contribution in [0.2, 0.25) is 5.02 Å². The molecule has 0 bridgehead atoms. The average molecular weight is 424 g/mol. The Morgan fingerprint density at radius 2 is 1.93 bits per heavy atom. The third kappa shape index (κ3) is 4.09. The van der Waals surface area contributed by atoms with Crippen LogP contribution in [0.1, 0.15) is 18.9 Å². The Morgan fingerprint density at radius 1 is 1.21 bits per heavy atom. The summed E-state index contributed by atoms with van der Waals surface area (Å²) in [6.07, 6.45) is 1.17. The summed E-state index contributed by atoms with van der Waals surface area (Å²) in [5.41, 5.74) is 1.57. The standard InChI is InChI=1S/C19H22ClN3O4S/c1-2-12-5-3-4-6-15(12)22-19(25)23-16-8-7-14(20)18(17(16)24)28(26,27)13-9-10-21-11-13/h3-8,13,21,24H,2,9-11H2,1H3,(H2,22,23,25). The summed E-state index contributed by atoms with van der Waals surface area (Å²) in [7, 11) is -3.84. The number of aryl methyl sites for hydroxylation is 1. The van der Waals surface area contributed by atoms with Crippen LogP contribution in [0.3, 0.4) is 0 Å². The Hall–Kier alpha value is -2.29. The molecule has 2 amide bonds. The van der Waals surface area contributed by atoms with Crippen LogP contribution in [-0.4, -0.2) is 37.9 Å². The lowest BCUT2D eigenvalue weighted by Crippen LogP contribution is -2.25. The molecule has 1 fully saturated rings. The number of carbonyl (C=O) groups excluding carboxylic acids is 1. The zero-order chi connectivity index (χ0) is 20.3. The predicted molar refractivity (Wildman–Crippen MR) is 110 cm³/mol. The zero-order valence-electron chi connectivity index (χ0n) is 15.3. The molecule has 0 aliphatic carbocycles. The molecule has 1 atom stereocenters. The number of rotatable bonds is 5. The van der Waals surface area contributed by atoms with Crippen LogP contribution >= 0.6 is 11.6 Å². The second-order valence-electron chi connectivity index (χ2n) is 6.52. The van der Waals surface area contributed by atoms with Crippen LogP contribution in [0.25, 0.3) is 0 Å². The molecule has 28 heavy (non-hydrogen) atoms. The van der Waals surface area contributed by atoms with Crippen LogP contribution in [0.15, 0.2) is 41.3 Å². The summed E-state index contributed by atoms with van der Waals surface area (Å²) >= 11 is 6.08. The van der Waals surface area contributed by atoms with Crippen molar-refractivity contribution in [2.45, 2.75) is 29.9 Å². The van der Waals surface area contributed by atoms with E-state index in [2.05, 4.69) is 16.0 Å². The van der Waals surface area contributed by atoms with Gasteiger partial charge in [-0.25, -0.2) is 13.2 Å². The first-order valence-corrected chi connectivity index (χ1v) is 10.9. The first-order valence-electron chi connectivity index (χ1n) is 8.96. The van der Waals surface area contributed by atoms with Crippen LogP contribution in [0, 0.1) is 0 Å². The maximum atomic E-state index is 12.9. The molecule has 3 rings (SSSR count). The summed E-state index contributed by atoms with van der Waals surface area (Å²) in [5.74, 6) is -0.557. The number of phenolic OH excluding ortho intramolecular Hbond substituents is 1. The monoisotopic (exact) mass is 423 g/mol. The molecule has 2 aromatic carbocycles. The van der Waals surface area contributed by atoms with Crippen LogP contribution < -0.4 is 16.0 Å². The molecule has 1 unspecified atom stereocenters. The van der Waals surface area contributed by atoms with Gasteiger partial charge in [-0.1, -0.05) is 36.7 Å². The number of phenols is 1. The maximum Gasteiger partial charge on any atom is 0.323 e. The Balaban J connectivity index is 1.86. The summed E-state index contributed by atoms with van der Waals surface area (Å²) in [5, 5.41) is 18.0. The molecular weight excluding hydrogens is 402 g/mol. The highest BCUT2D eigenvalue weighted by Gasteiger charge is 2.35. The van der Waals surface area contributed by atoms with E-state index in [1.165, 1.54) is 12.1 Å². The van der Waals surface area contributed by atoms with E-state index in [0.29, 0.717) is 25.2 Å².